The SMILES string of the molecule is CNC(=O)CN1CCC(NC(=O)c2ccc3c(c2)CCN3)CC1.Cl.Cl. The maximum Gasteiger partial charge on any atom is 0.251 e. The van der Waals surface area contributed by atoms with Crippen molar-refractivity contribution in [3.05, 3.63) is 29.3 Å². The van der Waals surface area contributed by atoms with Crippen LogP contribution >= 0.6 is 24.8 Å². The van der Waals surface area contributed by atoms with E-state index >= 15 is 0 Å². The molecule has 3 rings (SSSR count). The number of anilines is 1. The van der Waals surface area contributed by atoms with Crippen LogP contribution in [0.15, 0.2) is 18.2 Å². The van der Waals surface area contributed by atoms with Gasteiger partial charge < -0.3 is 16.0 Å². The number of amides is 2. The van der Waals surface area contributed by atoms with Gasteiger partial charge in [-0.2, -0.15) is 0 Å². The molecule has 2 aliphatic rings. The topological polar surface area (TPSA) is 73.5 Å². The molecule has 0 aliphatic carbocycles. The molecule has 0 spiro atoms. The first-order valence-electron chi connectivity index (χ1n) is 8.26. The second-order valence-electron chi connectivity index (χ2n) is 6.25. The largest absolute Gasteiger partial charge is 0.384 e. The highest BCUT2D eigenvalue weighted by Crippen LogP contribution is 2.23. The highest BCUT2D eigenvalue weighted by Gasteiger charge is 2.22. The summed E-state index contributed by atoms with van der Waals surface area (Å²) in [6, 6.07) is 6.05. The Bertz CT molecular complexity index is 604. The average Bonchev–Trinajstić information content (AvgIpc) is 3.04. The average molecular weight is 389 g/mol. The zero-order valence-corrected chi connectivity index (χ0v) is 16.0. The number of likely N-dealkylation sites (tertiary alicyclic amines) is 1. The van der Waals surface area contributed by atoms with Gasteiger partial charge in [0.05, 0.1) is 6.54 Å². The number of likely N-dealkylation sites (N-methyl/N-ethyl adjacent to an activating group) is 1. The quantitative estimate of drug-likeness (QED) is 0.729. The van der Waals surface area contributed by atoms with Crippen LogP contribution in [-0.4, -0.2) is 56.0 Å². The van der Waals surface area contributed by atoms with E-state index in [9.17, 15) is 9.59 Å². The Morgan fingerprint density at radius 2 is 1.96 bits per heavy atom. The van der Waals surface area contributed by atoms with E-state index in [0.29, 0.717) is 6.54 Å². The zero-order chi connectivity index (χ0) is 16.2. The molecule has 0 radical (unpaired) electrons. The number of piperidine rings is 1. The number of hydrogen-bond donors (Lipinski definition) is 3. The molecule has 1 aromatic rings. The van der Waals surface area contributed by atoms with Gasteiger partial charge in [0.1, 0.15) is 0 Å². The number of fused-ring (bicyclic) bond motifs is 1. The molecule has 0 unspecified atom stereocenters. The summed E-state index contributed by atoms with van der Waals surface area (Å²) in [6.07, 6.45) is 2.75. The van der Waals surface area contributed by atoms with Crippen molar-refractivity contribution in [2.45, 2.75) is 25.3 Å². The lowest BCUT2D eigenvalue weighted by atomic mass is 10.0. The maximum absolute atomic E-state index is 12.4. The highest BCUT2D eigenvalue weighted by molar-refractivity contribution is 5.95. The Hall–Kier alpha value is -1.50. The third-order valence-electron chi connectivity index (χ3n) is 4.65. The molecule has 2 amide bonds. The number of nitrogens with zero attached hydrogens (tertiary/aromatic N) is 1. The van der Waals surface area contributed by atoms with Gasteiger partial charge in [-0.25, -0.2) is 0 Å². The molecular weight excluding hydrogens is 363 g/mol. The Balaban J connectivity index is 0.00000156. The van der Waals surface area contributed by atoms with E-state index in [2.05, 4.69) is 20.9 Å². The summed E-state index contributed by atoms with van der Waals surface area (Å²) < 4.78 is 0. The molecule has 2 heterocycles. The molecule has 1 fully saturated rings. The number of hydrogen-bond acceptors (Lipinski definition) is 4. The fraction of sp³-hybridized carbons (Fsp3) is 0.529. The number of carbonyl (C=O) groups is 2. The van der Waals surface area contributed by atoms with E-state index in [0.717, 1.165) is 50.1 Å². The van der Waals surface area contributed by atoms with Crippen LogP contribution in [0.3, 0.4) is 0 Å². The first kappa shape index (κ1) is 21.5. The van der Waals surface area contributed by atoms with E-state index < -0.39 is 0 Å². The summed E-state index contributed by atoms with van der Waals surface area (Å²) in [4.78, 5) is 25.9. The number of nitrogens with one attached hydrogen (secondary N) is 3. The lowest BCUT2D eigenvalue weighted by molar-refractivity contribution is -0.122. The van der Waals surface area contributed by atoms with E-state index in [1.165, 1.54) is 5.56 Å². The molecule has 6 nitrogen and oxygen atoms in total. The Labute approximate surface area is 160 Å². The van der Waals surface area contributed by atoms with Crippen molar-refractivity contribution in [3.63, 3.8) is 0 Å². The van der Waals surface area contributed by atoms with Crippen molar-refractivity contribution in [3.8, 4) is 0 Å². The molecule has 0 aromatic heterocycles. The summed E-state index contributed by atoms with van der Waals surface area (Å²) >= 11 is 0. The van der Waals surface area contributed by atoms with Gasteiger partial charge in [0.2, 0.25) is 5.91 Å². The van der Waals surface area contributed by atoms with Crippen molar-refractivity contribution in [2.75, 3.05) is 38.5 Å². The molecule has 0 bridgehead atoms. The number of halogens is 2. The van der Waals surface area contributed by atoms with Crippen LogP contribution < -0.4 is 16.0 Å². The van der Waals surface area contributed by atoms with Gasteiger partial charge in [-0.1, -0.05) is 0 Å². The smallest absolute Gasteiger partial charge is 0.251 e. The van der Waals surface area contributed by atoms with E-state index in [-0.39, 0.29) is 42.7 Å². The van der Waals surface area contributed by atoms with Crippen molar-refractivity contribution >= 4 is 42.3 Å². The predicted molar refractivity (Wildman–Crippen MR) is 104 cm³/mol. The van der Waals surface area contributed by atoms with Crippen LogP contribution in [0.2, 0.25) is 0 Å². The van der Waals surface area contributed by atoms with E-state index in [1.807, 2.05) is 18.2 Å². The zero-order valence-electron chi connectivity index (χ0n) is 14.3. The van der Waals surface area contributed by atoms with Gasteiger partial charge in [-0.05, 0) is 43.0 Å². The molecular formula is C17H26Cl2N4O2. The molecule has 8 heteroatoms. The number of rotatable bonds is 4. The Morgan fingerprint density at radius 3 is 2.64 bits per heavy atom. The minimum atomic E-state index is 0. The second kappa shape index (κ2) is 9.85. The van der Waals surface area contributed by atoms with Crippen LogP contribution in [0.5, 0.6) is 0 Å². The summed E-state index contributed by atoms with van der Waals surface area (Å²) in [5.41, 5.74) is 3.10. The van der Waals surface area contributed by atoms with Gasteiger partial charge in [-0.15, -0.1) is 24.8 Å². The molecule has 140 valence electrons. The Kier molecular flexibility index (Phi) is 8.48. The number of benzene rings is 1. The third-order valence-corrected chi connectivity index (χ3v) is 4.65. The summed E-state index contributed by atoms with van der Waals surface area (Å²) in [5, 5.41) is 9.07. The van der Waals surface area contributed by atoms with Crippen molar-refractivity contribution < 1.29 is 9.59 Å². The highest BCUT2D eigenvalue weighted by atomic mass is 35.5. The Morgan fingerprint density at radius 1 is 1.24 bits per heavy atom. The lowest BCUT2D eigenvalue weighted by Gasteiger charge is -2.31. The molecule has 1 saturated heterocycles. The standard InChI is InChI=1S/C17H24N4O2.2ClH/c1-18-16(22)11-21-8-5-14(6-9-21)20-17(23)13-2-3-15-12(10-13)4-7-19-15;;/h2-3,10,14,19H,4-9,11H2,1H3,(H,18,22)(H,20,23);2*1H. The normalized spacial score (nSPS) is 16.7. The molecule has 1 aromatic carbocycles. The third kappa shape index (κ3) is 5.49. The minimum Gasteiger partial charge on any atom is -0.384 e. The van der Waals surface area contributed by atoms with Crippen molar-refractivity contribution in [1.82, 2.24) is 15.5 Å². The summed E-state index contributed by atoms with van der Waals surface area (Å²) in [5.74, 6) is 0.0451. The monoisotopic (exact) mass is 388 g/mol. The van der Waals surface area contributed by atoms with Crippen molar-refractivity contribution in [2.24, 2.45) is 0 Å². The van der Waals surface area contributed by atoms with Crippen LogP contribution in [0.1, 0.15) is 28.8 Å². The number of carbonyl (C=O) groups excluding carboxylic acids is 2. The summed E-state index contributed by atoms with van der Waals surface area (Å²) in [7, 11) is 1.65. The van der Waals surface area contributed by atoms with Gasteiger partial charge in [-0.3, -0.25) is 14.5 Å². The van der Waals surface area contributed by atoms with Gasteiger partial charge in [0, 0.05) is 44.0 Å². The van der Waals surface area contributed by atoms with Gasteiger partial charge in [0.15, 0.2) is 0 Å². The van der Waals surface area contributed by atoms with Gasteiger partial charge in [0.25, 0.3) is 5.91 Å². The molecule has 3 N–H and O–H groups in total. The first-order valence-corrected chi connectivity index (χ1v) is 8.26. The fourth-order valence-electron chi connectivity index (χ4n) is 3.23. The van der Waals surface area contributed by atoms with Gasteiger partial charge >= 0.3 is 0 Å². The molecule has 0 atom stereocenters. The maximum atomic E-state index is 12.4. The van der Waals surface area contributed by atoms with Crippen LogP contribution in [0.4, 0.5) is 5.69 Å². The molecule has 2 aliphatic heterocycles. The van der Waals surface area contributed by atoms with E-state index in [1.54, 1.807) is 7.05 Å². The first-order chi connectivity index (χ1) is 11.2. The summed E-state index contributed by atoms with van der Waals surface area (Å²) in [6.45, 7) is 3.07. The predicted octanol–water partition coefficient (Wildman–Crippen LogP) is 1.44. The van der Waals surface area contributed by atoms with Crippen LogP contribution in [0, 0.1) is 0 Å². The molecule has 25 heavy (non-hydrogen) atoms. The van der Waals surface area contributed by atoms with E-state index in [4.69, 9.17) is 0 Å². The second-order valence-corrected chi connectivity index (χ2v) is 6.25. The fourth-order valence-corrected chi connectivity index (χ4v) is 3.23. The minimum absolute atomic E-state index is 0. The molecule has 0 saturated carbocycles. The lowest BCUT2D eigenvalue weighted by Crippen LogP contribution is -2.47. The van der Waals surface area contributed by atoms with Crippen LogP contribution in [0.25, 0.3) is 0 Å². The van der Waals surface area contributed by atoms with Crippen LogP contribution in [-0.2, 0) is 11.2 Å². The van der Waals surface area contributed by atoms with Crippen molar-refractivity contribution in [1.29, 1.82) is 0 Å².